The summed E-state index contributed by atoms with van der Waals surface area (Å²) in [5.41, 5.74) is 1.83. The molecule has 0 aliphatic carbocycles. The first-order valence-corrected chi connectivity index (χ1v) is 8.70. The third kappa shape index (κ3) is 3.73. The van der Waals surface area contributed by atoms with Crippen molar-refractivity contribution in [2.24, 2.45) is 0 Å². The number of rotatable bonds is 5. The number of thiophene rings is 1. The number of pyridine rings is 1. The molecule has 132 valence electrons. The van der Waals surface area contributed by atoms with E-state index in [9.17, 15) is 9.59 Å². The van der Waals surface area contributed by atoms with Crippen LogP contribution in [-0.2, 0) is 4.74 Å². The van der Waals surface area contributed by atoms with Crippen LogP contribution >= 0.6 is 11.3 Å². The Morgan fingerprint density at radius 2 is 1.88 bits per heavy atom. The highest BCUT2D eigenvalue weighted by atomic mass is 32.1. The van der Waals surface area contributed by atoms with Crippen molar-refractivity contribution in [1.82, 2.24) is 4.98 Å². The first kappa shape index (κ1) is 17.6. The van der Waals surface area contributed by atoms with Crippen LogP contribution in [0.3, 0.4) is 0 Å². The van der Waals surface area contributed by atoms with E-state index in [1.54, 1.807) is 23.6 Å². The quantitative estimate of drug-likeness (QED) is 0.692. The van der Waals surface area contributed by atoms with Crippen LogP contribution in [-0.4, -0.2) is 31.0 Å². The molecule has 0 unspecified atom stereocenters. The molecule has 0 bridgehead atoms. The molecule has 0 spiro atoms. The number of hydrogen-bond acceptors (Lipinski definition) is 6. The predicted octanol–water partition coefficient (Wildman–Crippen LogP) is 3.95. The lowest BCUT2D eigenvalue weighted by molar-refractivity contribution is 0.0607. The van der Waals surface area contributed by atoms with E-state index in [-0.39, 0.29) is 5.91 Å². The molecule has 3 aromatic rings. The topological polar surface area (TPSA) is 71.5 Å². The first-order chi connectivity index (χ1) is 12.6. The summed E-state index contributed by atoms with van der Waals surface area (Å²) in [7, 11) is 3.21. The van der Waals surface area contributed by atoms with Gasteiger partial charge in [-0.1, -0.05) is 18.2 Å². The molecular weight excluding hydrogens is 350 g/mol. The summed E-state index contributed by atoms with van der Waals surface area (Å²) in [5, 5.41) is 4.44. The molecule has 6 nitrogen and oxygen atoms in total. The van der Waals surface area contributed by atoms with Gasteiger partial charge >= 0.3 is 5.97 Å². The van der Waals surface area contributed by atoms with E-state index in [1.165, 1.54) is 24.6 Å². The molecule has 7 heteroatoms. The van der Waals surface area contributed by atoms with Crippen LogP contribution in [0.15, 0.2) is 60.1 Å². The van der Waals surface area contributed by atoms with Gasteiger partial charge in [0, 0.05) is 18.9 Å². The molecule has 26 heavy (non-hydrogen) atoms. The number of nitrogens with one attached hydrogen (secondary N) is 1. The van der Waals surface area contributed by atoms with Gasteiger partial charge in [0.25, 0.3) is 5.91 Å². The summed E-state index contributed by atoms with van der Waals surface area (Å²) in [6.45, 7) is 0. The maximum absolute atomic E-state index is 12.4. The summed E-state index contributed by atoms with van der Waals surface area (Å²) >= 11 is 1.21. The summed E-state index contributed by atoms with van der Waals surface area (Å²) in [6.07, 6.45) is 1.51. The van der Waals surface area contributed by atoms with Crippen molar-refractivity contribution in [3.05, 3.63) is 70.5 Å². The van der Waals surface area contributed by atoms with E-state index in [0.29, 0.717) is 16.1 Å². The Hall–Kier alpha value is -3.19. The highest BCUT2D eigenvalue weighted by Gasteiger charge is 2.16. The van der Waals surface area contributed by atoms with Gasteiger partial charge in [-0.3, -0.25) is 4.79 Å². The fourth-order valence-corrected chi connectivity index (χ4v) is 3.12. The van der Waals surface area contributed by atoms with Gasteiger partial charge < -0.3 is 15.0 Å². The average Bonchev–Trinajstić information content (AvgIpc) is 3.15. The Morgan fingerprint density at radius 1 is 1.12 bits per heavy atom. The molecule has 0 fully saturated rings. The van der Waals surface area contributed by atoms with Crippen molar-refractivity contribution < 1.29 is 14.3 Å². The van der Waals surface area contributed by atoms with Crippen molar-refractivity contribution in [2.45, 2.75) is 0 Å². The lowest BCUT2D eigenvalue weighted by Gasteiger charge is -2.18. The fraction of sp³-hybridized carbons (Fsp3) is 0.105. The Morgan fingerprint density at radius 3 is 2.54 bits per heavy atom. The Balaban J connectivity index is 1.74. The van der Waals surface area contributed by atoms with E-state index < -0.39 is 5.97 Å². The van der Waals surface area contributed by atoms with E-state index in [0.717, 1.165) is 11.5 Å². The highest BCUT2D eigenvalue weighted by molar-refractivity contribution is 7.12. The Bertz CT molecular complexity index is 907. The minimum atomic E-state index is -0.478. The number of para-hydroxylation sites is 1. The van der Waals surface area contributed by atoms with Crippen LogP contribution < -0.4 is 10.2 Å². The summed E-state index contributed by atoms with van der Waals surface area (Å²) in [4.78, 5) is 30.7. The summed E-state index contributed by atoms with van der Waals surface area (Å²) in [5.74, 6) is -0.0956. The zero-order valence-electron chi connectivity index (χ0n) is 14.3. The second kappa shape index (κ2) is 7.79. The largest absolute Gasteiger partial charge is 0.465 e. The van der Waals surface area contributed by atoms with E-state index in [2.05, 4.69) is 10.3 Å². The molecule has 1 aromatic carbocycles. The Kier molecular flexibility index (Phi) is 5.28. The molecule has 0 saturated heterocycles. The molecule has 0 aliphatic heterocycles. The maximum Gasteiger partial charge on any atom is 0.350 e. The fourth-order valence-electron chi connectivity index (χ4n) is 2.36. The number of ether oxygens (including phenoxy) is 1. The molecule has 3 rings (SSSR count). The summed E-state index contributed by atoms with van der Waals surface area (Å²) in [6, 6.07) is 14.9. The molecule has 2 heterocycles. The van der Waals surface area contributed by atoms with Gasteiger partial charge in [0.2, 0.25) is 0 Å². The molecular formula is C19H17N3O3S. The zero-order valence-corrected chi connectivity index (χ0v) is 15.1. The number of anilines is 3. The molecule has 2 aromatic heterocycles. The minimum Gasteiger partial charge on any atom is -0.465 e. The van der Waals surface area contributed by atoms with Gasteiger partial charge in [0.15, 0.2) is 0 Å². The standard InChI is InChI=1S/C19H17N3O3S/c1-22(14-6-4-3-5-7-14)16-9-8-13(12-20-16)18(23)21-15-10-11-26-17(15)19(24)25-2/h3-12H,1-2H3,(H,21,23). The van der Waals surface area contributed by atoms with E-state index >= 15 is 0 Å². The highest BCUT2D eigenvalue weighted by Crippen LogP contribution is 2.24. The van der Waals surface area contributed by atoms with Crippen LogP contribution in [0.4, 0.5) is 17.2 Å². The molecule has 0 saturated carbocycles. The summed E-state index contributed by atoms with van der Waals surface area (Å²) < 4.78 is 4.71. The molecule has 1 N–H and O–H groups in total. The third-order valence-electron chi connectivity index (χ3n) is 3.78. The van der Waals surface area contributed by atoms with Gasteiger partial charge in [0.1, 0.15) is 10.7 Å². The first-order valence-electron chi connectivity index (χ1n) is 7.82. The number of methoxy groups -OCH3 is 1. The smallest absolute Gasteiger partial charge is 0.350 e. The van der Waals surface area contributed by atoms with Crippen molar-refractivity contribution >= 4 is 40.4 Å². The molecule has 0 atom stereocenters. The van der Waals surface area contributed by atoms with E-state index in [4.69, 9.17) is 4.74 Å². The third-order valence-corrected chi connectivity index (χ3v) is 4.68. The van der Waals surface area contributed by atoms with Crippen LogP contribution in [0, 0.1) is 0 Å². The Labute approximate surface area is 155 Å². The van der Waals surface area contributed by atoms with Crippen molar-refractivity contribution in [3.63, 3.8) is 0 Å². The zero-order chi connectivity index (χ0) is 18.5. The van der Waals surface area contributed by atoms with Gasteiger partial charge in [-0.15, -0.1) is 11.3 Å². The number of nitrogens with zero attached hydrogens (tertiary/aromatic N) is 2. The molecule has 0 radical (unpaired) electrons. The average molecular weight is 367 g/mol. The second-order valence-electron chi connectivity index (χ2n) is 5.41. The second-order valence-corrected chi connectivity index (χ2v) is 6.32. The van der Waals surface area contributed by atoms with E-state index in [1.807, 2.05) is 42.3 Å². The number of benzene rings is 1. The van der Waals surface area contributed by atoms with Gasteiger partial charge in [0.05, 0.1) is 18.4 Å². The van der Waals surface area contributed by atoms with Crippen LogP contribution in [0.5, 0.6) is 0 Å². The number of carbonyl (C=O) groups excluding carboxylic acids is 2. The minimum absolute atomic E-state index is 0.338. The van der Waals surface area contributed by atoms with Crippen molar-refractivity contribution in [3.8, 4) is 0 Å². The van der Waals surface area contributed by atoms with Crippen LogP contribution in [0.25, 0.3) is 0 Å². The van der Waals surface area contributed by atoms with Crippen LogP contribution in [0.1, 0.15) is 20.0 Å². The normalized spacial score (nSPS) is 10.2. The van der Waals surface area contributed by atoms with Crippen molar-refractivity contribution in [2.75, 3.05) is 24.4 Å². The van der Waals surface area contributed by atoms with Gasteiger partial charge in [-0.05, 0) is 35.7 Å². The molecule has 0 aliphatic rings. The number of amides is 1. The lowest BCUT2D eigenvalue weighted by Crippen LogP contribution is -2.15. The number of esters is 1. The molecule has 1 amide bonds. The van der Waals surface area contributed by atoms with Gasteiger partial charge in [-0.25, -0.2) is 9.78 Å². The SMILES string of the molecule is COC(=O)c1sccc1NC(=O)c1ccc(N(C)c2ccccc2)nc1. The lowest BCUT2D eigenvalue weighted by atomic mass is 10.2. The number of aromatic nitrogens is 1. The number of hydrogen-bond donors (Lipinski definition) is 1. The van der Waals surface area contributed by atoms with Crippen LogP contribution in [0.2, 0.25) is 0 Å². The van der Waals surface area contributed by atoms with Gasteiger partial charge in [-0.2, -0.15) is 0 Å². The monoisotopic (exact) mass is 367 g/mol. The maximum atomic E-state index is 12.4. The predicted molar refractivity (Wildman–Crippen MR) is 102 cm³/mol. The van der Waals surface area contributed by atoms with Crippen molar-refractivity contribution in [1.29, 1.82) is 0 Å². The number of carbonyl (C=O) groups is 2.